The second-order valence-electron chi connectivity index (χ2n) is 5.13. The summed E-state index contributed by atoms with van der Waals surface area (Å²) in [6, 6.07) is 3.27. The average Bonchev–Trinajstić information content (AvgIpc) is 2.52. The molecule has 0 bridgehead atoms. The Balaban J connectivity index is 2.41. The molecule has 1 saturated carbocycles. The topological polar surface area (TPSA) is 26.0 Å². The highest BCUT2D eigenvalue weighted by Gasteiger charge is 2.32. The first-order chi connectivity index (χ1) is 8.04. The van der Waals surface area contributed by atoms with E-state index in [-0.39, 0.29) is 0 Å². The fourth-order valence-corrected chi connectivity index (χ4v) is 2.66. The van der Waals surface area contributed by atoms with Gasteiger partial charge in [-0.15, -0.1) is 0 Å². The van der Waals surface area contributed by atoms with Gasteiger partial charge < -0.3 is 5.73 Å². The van der Waals surface area contributed by atoms with E-state index in [1.165, 1.54) is 0 Å². The average molecular weight is 239 g/mol. The van der Waals surface area contributed by atoms with Gasteiger partial charge in [0.05, 0.1) is 0 Å². The Bertz CT molecular complexity index is 407. The largest absolute Gasteiger partial charge is 0.321 e. The van der Waals surface area contributed by atoms with Crippen molar-refractivity contribution < 1.29 is 8.78 Å². The summed E-state index contributed by atoms with van der Waals surface area (Å²) in [6.45, 7) is 1.57. The smallest absolute Gasteiger partial charge is 0.164 e. The molecule has 2 rings (SSSR count). The fraction of sp³-hybridized carbons (Fsp3) is 0.571. The fourth-order valence-electron chi connectivity index (χ4n) is 2.66. The Morgan fingerprint density at radius 2 is 1.59 bits per heavy atom. The number of hydrogen-bond donors (Lipinski definition) is 1. The number of rotatable bonds is 1. The zero-order valence-electron chi connectivity index (χ0n) is 10.2. The van der Waals surface area contributed by atoms with E-state index in [9.17, 15) is 8.78 Å². The van der Waals surface area contributed by atoms with E-state index in [1.54, 1.807) is 19.1 Å². The van der Waals surface area contributed by atoms with Crippen molar-refractivity contribution >= 4 is 0 Å². The molecule has 0 aliphatic heterocycles. The van der Waals surface area contributed by atoms with Crippen LogP contribution < -0.4 is 5.73 Å². The number of hydrogen-bond acceptors (Lipinski definition) is 1. The van der Waals surface area contributed by atoms with Crippen LogP contribution in [-0.2, 0) is 5.54 Å². The Labute approximate surface area is 101 Å². The van der Waals surface area contributed by atoms with Crippen molar-refractivity contribution in [3.63, 3.8) is 0 Å². The molecule has 0 radical (unpaired) electrons. The molecule has 1 aliphatic rings. The second-order valence-corrected chi connectivity index (χ2v) is 5.13. The number of nitrogens with two attached hydrogens (primary N) is 1. The Morgan fingerprint density at radius 1 is 1.00 bits per heavy atom. The summed E-state index contributed by atoms with van der Waals surface area (Å²) in [4.78, 5) is 0. The molecule has 1 fully saturated rings. The van der Waals surface area contributed by atoms with Crippen molar-refractivity contribution in [1.29, 1.82) is 0 Å². The van der Waals surface area contributed by atoms with Gasteiger partial charge in [0.2, 0.25) is 0 Å². The van der Waals surface area contributed by atoms with Crippen LogP contribution in [0.15, 0.2) is 12.1 Å². The molecular formula is C14H19F2N. The molecule has 3 heteroatoms. The Kier molecular flexibility index (Phi) is 3.48. The summed E-state index contributed by atoms with van der Waals surface area (Å²) in [5.74, 6) is -1.51. The molecule has 17 heavy (non-hydrogen) atoms. The molecule has 0 amide bonds. The lowest BCUT2D eigenvalue weighted by Gasteiger charge is -2.29. The zero-order valence-corrected chi connectivity index (χ0v) is 10.2. The van der Waals surface area contributed by atoms with Crippen LogP contribution in [0.3, 0.4) is 0 Å². The van der Waals surface area contributed by atoms with Crippen LogP contribution in [0.2, 0.25) is 0 Å². The third-order valence-electron chi connectivity index (χ3n) is 3.81. The van der Waals surface area contributed by atoms with E-state index in [0.717, 1.165) is 38.5 Å². The Hall–Kier alpha value is -0.960. The molecule has 1 nitrogen and oxygen atoms in total. The first kappa shape index (κ1) is 12.5. The minimum atomic E-state index is -0.755. The summed E-state index contributed by atoms with van der Waals surface area (Å²) < 4.78 is 27.6. The molecule has 0 aromatic heterocycles. The predicted octanol–water partition coefficient (Wildman–Crippen LogP) is 3.78. The molecule has 1 aromatic rings. The third kappa shape index (κ3) is 2.34. The monoisotopic (exact) mass is 239 g/mol. The maximum Gasteiger partial charge on any atom is 0.164 e. The summed E-state index contributed by atoms with van der Waals surface area (Å²) in [5, 5.41) is 0. The van der Waals surface area contributed by atoms with Gasteiger partial charge in [-0.25, -0.2) is 8.78 Å². The van der Waals surface area contributed by atoms with E-state index < -0.39 is 17.2 Å². The zero-order chi connectivity index (χ0) is 12.5. The van der Waals surface area contributed by atoms with Gasteiger partial charge in [0.1, 0.15) is 0 Å². The number of aryl methyl sites for hydroxylation is 1. The molecule has 1 aliphatic carbocycles. The van der Waals surface area contributed by atoms with E-state index in [4.69, 9.17) is 5.73 Å². The highest BCUT2D eigenvalue weighted by atomic mass is 19.2. The molecule has 94 valence electrons. The van der Waals surface area contributed by atoms with Gasteiger partial charge in [-0.2, -0.15) is 0 Å². The molecule has 0 saturated heterocycles. The first-order valence-electron chi connectivity index (χ1n) is 6.28. The van der Waals surface area contributed by atoms with Crippen molar-refractivity contribution in [2.24, 2.45) is 5.73 Å². The van der Waals surface area contributed by atoms with Crippen LogP contribution in [0.25, 0.3) is 0 Å². The van der Waals surface area contributed by atoms with Crippen molar-refractivity contribution in [1.82, 2.24) is 0 Å². The van der Waals surface area contributed by atoms with Gasteiger partial charge >= 0.3 is 0 Å². The lowest BCUT2D eigenvalue weighted by molar-refractivity contribution is 0.358. The third-order valence-corrected chi connectivity index (χ3v) is 3.81. The summed E-state index contributed by atoms with van der Waals surface area (Å²) in [7, 11) is 0. The minimum Gasteiger partial charge on any atom is -0.321 e. The minimum absolute atomic E-state index is 0.337. The summed E-state index contributed by atoms with van der Waals surface area (Å²) >= 11 is 0. The molecule has 0 unspecified atom stereocenters. The molecule has 2 N–H and O–H groups in total. The van der Waals surface area contributed by atoms with Crippen LogP contribution in [0.1, 0.15) is 49.7 Å². The van der Waals surface area contributed by atoms with Crippen LogP contribution in [0.4, 0.5) is 8.78 Å². The standard InChI is InChI=1S/C14H19F2N/c1-10-6-7-11(13(16)12(10)15)14(17)8-4-2-3-5-9-14/h6-7H,2-5,8-9,17H2,1H3. The molecular weight excluding hydrogens is 220 g/mol. The molecule has 0 spiro atoms. The van der Waals surface area contributed by atoms with Crippen LogP contribution in [0.5, 0.6) is 0 Å². The van der Waals surface area contributed by atoms with Gasteiger partial charge in [0, 0.05) is 11.1 Å². The normalized spacial score (nSPS) is 20.0. The van der Waals surface area contributed by atoms with E-state index in [1.807, 2.05) is 0 Å². The van der Waals surface area contributed by atoms with Crippen molar-refractivity contribution in [2.75, 3.05) is 0 Å². The lowest BCUT2D eigenvalue weighted by Crippen LogP contribution is -2.37. The van der Waals surface area contributed by atoms with Crippen molar-refractivity contribution in [3.05, 3.63) is 34.9 Å². The lowest BCUT2D eigenvalue weighted by atomic mass is 9.83. The van der Waals surface area contributed by atoms with E-state index >= 15 is 0 Å². The summed E-state index contributed by atoms with van der Waals surface area (Å²) in [6.07, 6.45) is 5.74. The van der Waals surface area contributed by atoms with Crippen molar-refractivity contribution in [2.45, 2.75) is 51.0 Å². The highest BCUT2D eigenvalue weighted by Crippen LogP contribution is 2.35. The van der Waals surface area contributed by atoms with Crippen LogP contribution >= 0.6 is 0 Å². The van der Waals surface area contributed by atoms with Gasteiger partial charge in [-0.1, -0.05) is 37.8 Å². The predicted molar refractivity (Wildman–Crippen MR) is 64.7 cm³/mol. The van der Waals surface area contributed by atoms with Crippen molar-refractivity contribution in [3.8, 4) is 0 Å². The molecule has 1 aromatic carbocycles. The van der Waals surface area contributed by atoms with Crippen LogP contribution in [-0.4, -0.2) is 0 Å². The molecule has 0 heterocycles. The van der Waals surface area contributed by atoms with Crippen LogP contribution in [0, 0.1) is 18.6 Å². The quantitative estimate of drug-likeness (QED) is 0.741. The number of benzene rings is 1. The summed E-state index contributed by atoms with van der Waals surface area (Å²) in [5.41, 5.74) is 6.29. The number of halogens is 2. The SMILES string of the molecule is Cc1ccc(C2(N)CCCCCC2)c(F)c1F. The van der Waals surface area contributed by atoms with Gasteiger partial charge in [0.15, 0.2) is 11.6 Å². The maximum absolute atomic E-state index is 14.0. The van der Waals surface area contributed by atoms with Gasteiger partial charge in [-0.3, -0.25) is 0 Å². The van der Waals surface area contributed by atoms with E-state index in [0.29, 0.717) is 11.1 Å². The second kappa shape index (κ2) is 4.73. The Morgan fingerprint density at radius 3 is 2.18 bits per heavy atom. The van der Waals surface area contributed by atoms with Gasteiger partial charge in [0.25, 0.3) is 0 Å². The van der Waals surface area contributed by atoms with Gasteiger partial charge in [-0.05, 0) is 25.3 Å². The highest BCUT2D eigenvalue weighted by molar-refractivity contribution is 5.31. The van der Waals surface area contributed by atoms with E-state index in [2.05, 4.69) is 0 Å². The maximum atomic E-state index is 14.0. The first-order valence-corrected chi connectivity index (χ1v) is 6.28. The molecule has 0 atom stereocenters.